The van der Waals surface area contributed by atoms with Gasteiger partial charge in [-0.3, -0.25) is 9.36 Å². The van der Waals surface area contributed by atoms with E-state index in [1.54, 1.807) is 17.1 Å². The number of aryl methyl sites for hydroxylation is 3. The molecule has 2 aromatic heterocycles. The molecule has 0 saturated carbocycles. The molecule has 0 unspecified atom stereocenters. The maximum Gasteiger partial charge on any atom is 0.253 e. The first-order valence-electron chi connectivity index (χ1n) is 4.74. The lowest BCUT2D eigenvalue weighted by Gasteiger charge is -2.04. The minimum atomic E-state index is -0.0285. The van der Waals surface area contributed by atoms with E-state index in [0.717, 1.165) is 12.2 Å². The van der Waals surface area contributed by atoms with Crippen molar-refractivity contribution < 1.29 is 0 Å². The van der Waals surface area contributed by atoms with Crippen LogP contribution in [0.15, 0.2) is 35.8 Å². The second-order valence-electron chi connectivity index (χ2n) is 3.32. The molecule has 0 N–H and O–H groups in total. The molecule has 0 atom stereocenters. The van der Waals surface area contributed by atoms with E-state index in [-0.39, 0.29) is 5.56 Å². The van der Waals surface area contributed by atoms with E-state index in [0.29, 0.717) is 6.54 Å². The predicted octanol–water partition coefficient (Wildman–Crippen LogP) is 0.220. The lowest BCUT2D eigenvalue weighted by Crippen LogP contribution is -2.20. The first-order chi connectivity index (χ1) is 7.27. The monoisotopic (exact) mass is 204 g/mol. The molecule has 15 heavy (non-hydrogen) atoms. The Hall–Kier alpha value is -1.91. The molecule has 0 aliphatic carbocycles. The molecule has 5 nitrogen and oxygen atoms in total. The third-order valence-electron chi connectivity index (χ3n) is 2.29. The molecule has 0 aromatic carbocycles. The maximum absolute atomic E-state index is 11.4. The van der Waals surface area contributed by atoms with E-state index in [4.69, 9.17) is 0 Å². The summed E-state index contributed by atoms with van der Waals surface area (Å²) in [6, 6.07) is 1.46. The summed E-state index contributed by atoms with van der Waals surface area (Å²) in [7, 11) is 1.94. The van der Waals surface area contributed by atoms with Gasteiger partial charge in [0.25, 0.3) is 5.56 Å². The predicted molar refractivity (Wildman–Crippen MR) is 55.4 cm³/mol. The number of rotatable bonds is 3. The molecular formula is C10H12N4O. The SMILES string of the molecule is Cn1ccnc1CCn1cnccc1=O. The summed E-state index contributed by atoms with van der Waals surface area (Å²) in [5.74, 6) is 0.964. The second-order valence-corrected chi connectivity index (χ2v) is 3.32. The van der Waals surface area contributed by atoms with Crippen molar-refractivity contribution in [2.75, 3.05) is 0 Å². The molecule has 78 valence electrons. The van der Waals surface area contributed by atoms with Crippen LogP contribution in [0.1, 0.15) is 5.82 Å². The fourth-order valence-corrected chi connectivity index (χ4v) is 1.40. The van der Waals surface area contributed by atoms with Crippen molar-refractivity contribution in [3.8, 4) is 0 Å². The summed E-state index contributed by atoms with van der Waals surface area (Å²) in [5.41, 5.74) is -0.0285. The lowest BCUT2D eigenvalue weighted by atomic mass is 10.4. The molecule has 2 rings (SSSR count). The summed E-state index contributed by atoms with van der Waals surface area (Å²) in [5, 5.41) is 0. The van der Waals surface area contributed by atoms with Crippen LogP contribution in [0.25, 0.3) is 0 Å². The third-order valence-corrected chi connectivity index (χ3v) is 2.29. The highest BCUT2D eigenvalue weighted by atomic mass is 16.1. The van der Waals surface area contributed by atoms with Crippen LogP contribution in [0.5, 0.6) is 0 Å². The van der Waals surface area contributed by atoms with Gasteiger partial charge >= 0.3 is 0 Å². The van der Waals surface area contributed by atoms with Crippen LogP contribution in [0.2, 0.25) is 0 Å². The van der Waals surface area contributed by atoms with E-state index >= 15 is 0 Å². The van der Waals surface area contributed by atoms with Crippen LogP contribution in [0, 0.1) is 0 Å². The Morgan fingerprint density at radius 2 is 2.27 bits per heavy atom. The van der Waals surface area contributed by atoms with E-state index in [2.05, 4.69) is 9.97 Å². The van der Waals surface area contributed by atoms with Crippen molar-refractivity contribution in [2.45, 2.75) is 13.0 Å². The van der Waals surface area contributed by atoms with Crippen molar-refractivity contribution in [2.24, 2.45) is 7.05 Å². The highest BCUT2D eigenvalue weighted by Gasteiger charge is 2.00. The van der Waals surface area contributed by atoms with E-state index < -0.39 is 0 Å². The van der Waals surface area contributed by atoms with Gasteiger partial charge in [-0.15, -0.1) is 0 Å². The van der Waals surface area contributed by atoms with E-state index in [9.17, 15) is 4.79 Å². The maximum atomic E-state index is 11.4. The Kier molecular flexibility index (Phi) is 2.62. The molecule has 0 saturated heterocycles. The Labute approximate surface area is 87.0 Å². The van der Waals surface area contributed by atoms with Crippen molar-refractivity contribution in [1.82, 2.24) is 19.1 Å². The first-order valence-corrected chi connectivity index (χ1v) is 4.74. The lowest BCUT2D eigenvalue weighted by molar-refractivity contribution is 0.621. The molecule has 0 aliphatic heterocycles. The summed E-state index contributed by atoms with van der Waals surface area (Å²) in [6.45, 7) is 0.609. The number of aromatic nitrogens is 4. The van der Waals surface area contributed by atoms with Gasteiger partial charge in [0.05, 0.1) is 6.33 Å². The fourth-order valence-electron chi connectivity index (χ4n) is 1.40. The van der Waals surface area contributed by atoms with E-state index in [1.165, 1.54) is 12.3 Å². The van der Waals surface area contributed by atoms with Gasteiger partial charge in [-0.2, -0.15) is 0 Å². The van der Waals surface area contributed by atoms with Crippen LogP contribution < -0.4 is 5.56 Å². The van der Waals surface area contributed by atoms with Gasteiger partial charge in [-0.25, -0.2) is 9.97 Å². The Morgan fingerprint density at radius 3 is 2.93 bits per heavy atom. The molecule has 5 heteroatoms. The van der Waals surface area contributed by atoms with Crippen molar-refractivity contribution in [1.29, 1.82) is 0 Å². The van der Waals surface area contributed by atoms with Crippen LogP contribution in [0.3, 0.4) is 0 Å². The van der Waals surface area contributed by atoms with Gasteiger partial charge in [-0.05, 0) is 0 Å². The Bertz CT molecular complexity index is 500. The number of imidazole rings is 1. The van der Waals surface area contributed by atoms with Crippen molar-refractivity contribution in [3.63, 3.8) is 0 Å². The topological polar surface area (TPSA) is 52.7 Å². The Balaban J connectivity index is 2.09. The van der Waals surface area contributed by atoms with Crippen molar-refractivity contribution >= 4 is 0 Å². The smallest absolute Gasteiger partial charge is 0.253 e. The summed E-state index contributed by atoms with van der Waals surface area (Å²) in [4.78, 5) is 19.5. The zero-order valence-corrected chi connectivity index (χ0v) is 8.50. The van der Waals surface area contributed by atoms with Crippen LogP contribution in [0.4, 0.5) is 0 Å². The number of nitrogens with zero attached hydrogens (tertiary/aromatic N) is 4. The van der Waals surface area contributed by atoms with Gasteiger partial charge in [0, 0.05) is 44.7 Å². The molecule has 0 radical (unpaired) electrons. The molecule has 0 amide bonds. The third kappa shape index (κ3) is 2.12. The quantitative estimate of drug-likeness (QED) is 0.718. The zero-order chi connectivity index (χ0) is 10.7. The minimum absolute atomic E-state index is 0.0285. The molecule has 0 aliphatic rings. The molecule has 0 spiro atoms. The van der Waals surface area contributed by atoms with Crippen molar-refractivity contribution in [3.05, 3.63) is 47.2 Å². The highest BCUT2D eigenvalue weighted by molar-refractivity contribution is 4.92. The van der Waals surface area contributed by atoms with E-state index in [1.807, 2.05) is 17.8 Å². The summed E-state index contributed by atoms with van der Waals surface area (Å²) >= 11 is 0. The molecule has 2 aromatic rings. The zero-order valence-electron chi connectivity index (χ0n) is 8.50. The van der Waals surface area contributed by atoms with Crippen LogP contribution in [-0.2, 0) is 20.0 Å². The van der Waals surface area contributed by atoms with Gasteiger partial charge in [0.15, 0.2) is 0 Å². The molecule has 0 bridgehead atoms. The molecule has 2 heterocycles. The normalized spacial score (nSPS) is 10.5. The summed E-state index contributed by atoms with van der Waals surface area (Å²) in [6.07, 6.45) is 7.42. The van der Waals surface area contributed by atoms with Gasteiger partial charge < -0.3 is 4.57 Å². The standard InChI is InChI=1S/C10H12N4O/c1-13-7-5-12-9(13)3-6-14-8-11-4-2-10(14)15/h2,4-5,7-8H,3,6H2,1H3. The molecule has 0 fully saturated rings. The number of hydrogen-bond acceptors (Lipinski definition) is 3. The highest BCUT2D eigenvalue weighted by Crippen LogP contribution is 1.96. The first kappa shape index (κ1) is 9.64. The minimum Gasteiger partial charge on any atom is -0.338 e. The van der Waals surface area contributed by atoms with Gasteiger partial charge in [-0.1, -0.05) is 0 Å². The largest absolute Gasteiger partial charge is 0.338 e. The van der Waals surface area contributed by atoms with Gasteiger partial charge in [0.1, 0.15) is 5.82 Å². The van der Waals surface area contributed by atoms with Gasteiger partial charge in [0.2, 0.25) is 0 Å². The Morgan fingerprint density at radius 1 is 1.40 bits per heavy atom. The fraction of sp³-hybridized carbons (Fsp3) is 0.300. The van der Waals surface area contributed by atoms with Crippen LogP contribution in [-0.4, -0.2) is 19.1 Å². The number of hydrogen-bond donors (Lipinski definition) is 0. The molecular weight excluding hydrogens is 192 g/mol. The second kappa shape index (κ2) is 4.08. The average Bonchev–Trinajstić information content (AvgIpc) is 2.63. The average molecular weight is 204 g/mol. The summed E-state index contributed by atoms with van der Waals surface area (Å²) < 4.78 is 3.52. The van der Waals surface area contributed by atoms with Crippen LogP contribution >= 0.6 is 0 Å².